The largest absolute Gasteiger partial charge is 0.395 e. The molecule has 25 heavy (non-hydrogen) atoms. The molecule has 0 aromatic carbocycles. The molecular weight excluding hydrogens is 348 g/mol. The third kappa shape index (κ3) is 2.20. The van der Waals surface area contributed by atoms with Gasteiger partial charge in [-0.25, -0.2) is 0 Å². The van der Waals surface area contributed by atoms with Crippen molar-refractivity contribution >= 4 is 29.3 Å². The molecule has 4 aliphatic carbocycles. The number of carbonyl (C=O) groups is 1. The number of rotatable bonds is 1. The minimum atomic E-state index is -0.101. The van der Waals surface area contributed by atoms with Crippen molar-refractivity contribution in [3.8, 4) is 0 Å². The molecular formula is C21H28O2S2. The minimum absolute atomic E-state index is 0.0542. The summed E-state index contributed by atoms with van der Waals surface area (Å²) in [6.45, 7) is 2.49. The molecule has 0 bridgehead atoms. The molecule has 5 aliphatic rings. The number of hydrogen-bond donors (Lipinski definition) is 1. The summed E-state index contributed by atoms with van der Waals surface area (Å²) in [6, 6.07) is 0. The molecule has 0 radical (unpaired) electrons. The summed E-state index contributed by atoms with van der Waals surface area (Å²) < 4.78 is 0.262. The minimum Gasteiger partial charge on any atom is -0.395 e. The van der Waals surface area contributed by atoms with Crippen molar-refractivity contribution in [2.24, 2.45) is 28.6 Å². The summed E-state index contributed by atoms with van der Waals surface area (Å²) in [5.41, 5.74) is 1.25. The number of Topliss-reactive ketones (excluding diaryl/α,β-unsaturated/α-hetero) is 1. The van der Waals surface area contributed by atoms with Crippen LogP contribution >= 0.6 is 23.5 Å². The van der Waals surface area contributed by atoms with Crippen LogP contribution in [0, 0.1) is 28.6 Å². The molecule has 0 aromatic heterocycles. The monoisotopic (exact) mass is 376 g/mol. The average Bonchev–Trinajstić information content (AvgIpc) is 3.19. The van der Waals surface area contributed by atoms with Crippen molar-refractivity contribution in [1.82, 2.24) is 0 Å². The Morgan fingerprint density at radius 3 is 2.72 bits per heavy atom. The zero-order valence-electron chi connectivity index (χ0n) is 15.0. The van der Waals surface area contributed by atoms with Gasteiger partial charge in [0.2, 0.25) is 0 Å². The van der Waals surface area contributed by atoms with E-state index in [2.05, 4.69) is 48.7 Å². The molecule has 0 unspecified atom stereocenters. The van der Waals surface area contributed by atoms with E-state index < -0.39 is 0 Å². The van der Waals surface area contributed by atoms with Crippen molar-refractivity contribution in [3.63, 3.8) is 0 Å². The van der Waals surface area contributed by atoms with Gasteiger partial charge in [0.15, 0.2) is 0 Å². The molecule has 2 nitrogen and oxygen atoms in total. The second-order valence-corrected chi connectivity index (χ2v) is 12.1. The Kier molecular flexibility index (Phi) is 3.83. The number of carbonyl (C=O) groups excluding carboxylic acids is 1. The number of hydrogen-bond acceptors (Lipinski definition) is 4. The first-order chi connectivity index (χ1) is 12.0. The molecule has 0 amide bonds. The predicted molar refractivity (Wildman–Crippen MR) is 106 cm³/mol. The Labute approximate surface area is 159 Å². The molecule has 1 N–H and O–H groups in total. The summed E-state index contributed by atoms with van der Waals surface area (Å²) in [6.07, 6.45) is 13.5. The molecule has 1 heterocycles. The Balaban J connectivity index is 1.56. The highest BCUT2D eigenvalue weighted by molar-refractivity contribution is 8.21. The van der Waals surface area contributed by atoms with Gasteiger partial charge in [0.1, 0.15) is 5.78 Å². The molecule has 3 fully saturated rings. The number of ketones is 1. The molecule has 1 saturated heterocycles. The molecule has 136 valence electrons. The lowest BCUT2D eigenvalue weighted by Gasteiger charge is -2.56. The fourth-order valence-electron chi connectivity index (χ4n) is 6.69. The van der Waals surface area contributed by atoms with E-state index in [0.29, 0.717) is 23.5 Å². The lowest BCUT2D eigenvalue weighted by molar-refractivity contribution is -0.131. The third-order valence-corrected chi connectivity index (χ3v) is 11.6. The van der Waals surface area contributed by atoms with Crippen LogP contribution in [-0.2, 0) is 4.79 Å². The molecule has 1 aliphatic heterocycles. The second kappa shape index (κ2) is 5.65. The topological polar surface area (TPSA) is 37.3 Å². The Bertz CT molecular complexity index is 663. The maximum absolute atomic E-state index is 12.5. The lowest BCUT2D eigenvalue weighted by Crippen LogP contribution is -2.52. The summed E-state index contributed by atoms with van der Waals surface area (Å²) in [4.78, 5) is 12.5. The zero-order valence-corrected chi connectivity index (χ0v) is 16.6. The van der Waals surface area contributed by atoms with E-state index in [0.717, 1.165) is 32.1 Å². The van der Waals surface area contributed by atoms with E-state index in [-0.39, 0.29) is 21.5 Å². The van der Waals surface area contributed by atoms with Crippen LogP contribution in [0.1, 0.15) is 45.4 Å². The number of fused-ring (bicyclic) bond motifs is 5. The Hall–Kier alpha value is -0.190. The number of allylic oxidation sites excluding steroid dienone is 2. The van der Waals surface area contributed by atoms with Crippen LogP contribution in [0.3, 0.4) is 0 Å². The van der Waals surface area contributed by atoms with Crippen molar-refractivity contribution in [3.05, 3.63) is 23.8 Å². The first-order valence-electron chi connectivity index (χ1n) is 9.87. The van der Waals surface area contributed by atoms with Crippen molar-refractivity contribution in [2.45, 2.75) is 49.5 Å². The molecule has 2 saturated carbocycles. The predicted octanol–water partition coefficient (Wildman–Crippen LogP) is 4.44. The van der Waals surface area contributed by atoms with Gasteiger partial charge in [0, 0.05) is 28.8 Å². The normalized spacial score (nSPS) is 47.4. The summed E-state index contributed by atoms with van der Waals surface area (Å²) in [5, 5.41) is 10.5. The lowest BCUT2D eigenvalue weighted by atomic mass is 9.49. The van der Waals surface area contributed by atoms with Crippen LogP contribution in [0.25, 0.3) is 0 Å². The fraction of sp³-hybridized carbons (Fsp3) is 0.762. The van der Waals surface area contributed by atoms with Crippen molar-refractivity contribution in [2.75, 3.05) is 18.1 Å². The van der Waals surface area contributed by atoms with Crippen LogP contribution in [0.2, 0.25) is 0 Å². The SMILES string of the molecule is C[C@]12CC[C@H]3[C@@H](C=CC4=CC5(CC[C@@]43CO)SCCS5)[C@@H]1CCC2=O. The average molecular weight is 377 g/mol. The van der Waals surface area contributed by atoms with Crippen LogP contribution < -0.4 is 0 Å². The number of aliphatic hydroxyl groups is 1. The third-order valence-electron chi connectivity index (χ3n) is 8.18. The quantitative estimate of drug-likeness (QED) is 0.734. The van der Waals surface area contributed by atoms with Crippen LogP contribution in [-0.4, -0.2) is 33.1 Å². The molecule has 1 spiro atoms. The molecule has 5 atom stereocenters. The Morgan fingerprint density at radius 1 is 1.16 bits per heavy atom. The van der Waals surface area contributed by atoms with Gasteiger partial charge in [-0.15, -0.1) is 23.5 Å². The van der Waals surface area contributed by atoms with Crippen LogP contribution in [0.4, 0.5) is 0 Å². The van der Waals surface area contributed by atoms with Crippen LogP contribution in [0.5, 0.6) is 0 Å². The Morgan fingerprint density at radius 2 is 1.96 bits per heavy atom. The summed E-state index contributed by atoms with van der Waals surface area (Å²) >= 11 is 4.20. The first kappa shape index (κ1) is 16.9. The molecule has 4 heteroatoms. The fourth-order valence-corrected chi connectivity index (χ4v) is 9.79. The summed E-state index contributed by atoms with van der Waals surface area (Å²) in [7, 11) is 0. The van der Waals surface area contributed by atoms with Crippen molar-refractivity contribution < 1.29 is 9.90 Å². The maximum Gasteiger partial charge on any atom is 0.139 e. The van der Waals surface area contributed by atoms with E-state index in [9.17, 15) is 9.90 Å². The van der Waals surface area contributed by atoms with Gasteiger partial charge in [0.05, 0.1) is 10.7 Å². The van der Waals surface area contributed by atoms with E-state index >= 15 is 0 Å². The molecule has 5 rings (SSSR count). The van der Waals surface area contributed by atoms with Gasteiger partial charge in [-0.1, -0.05) is 25.2 Å². The van der Waals surface area contributed by atoms with Gasteiger partial charge in [-0.05, 0) is 55.4 Å². The second-order valence-electron chi connectivity index (χ2n) is 8.99. The van der Waals surface area contributed by atoms with E-state index in [1.807, 2.05) is 0 Å². The zero-order chi connectivity index (χ0) is 17.3. The van der Waals surface area contributed by atoms with E-state index in [1.165, 1.54) is 23.5 Å². The van der Waals surface area contributed by atoms with Crippen molar-refractivity contribution in [1.29, 1.82) is 0 Å². The standard InChI is InChI=1S/C21H28O2S2/c1-19-7-6-17-15(16(19)4-5-18(19)23)3-2-14-12-21(24-10-11-25-21)9-8-20(14,17)13-22/h2-3,12,15-17,22H,4-11,13H2,1H3/t15-,16-,17-,19-,20+/m0/s1. The maximum atomic E-state index is 12.5. The highest BCUT2D eigenvalue weighted by atomic mass is 32.2. The van der Waals surface area contributed by atoms with Crippen LogP contribution in [0.15, 0.2) is 23.8 Å². The number of aliphatic hydroxyl groups excluding tert-OH is 1. The van der Waals surface area contributed by atoms with Gasteiger partial charge < -0.3 is 5.11 Å². The molecule has 0 aromatic rings. The van der Waals surface area contributed by atoms with Gasteiger partial charge >= 0.3 is 0 Å². The smallest absolute Gasteiger partial charge is 0.139 e. The van der Waals surface area contributed by atoms with Gasteiger partial charge in [0.25, 0.3) is 0 Å². The highest BCUT2D eigenvalue weighted by Gasteiger charge is 2.60. The van der Waals surface area contributed by atoms with Gasteiger partial charge in [-0.2, -0.15) is 0 Å². The first-order valence-corrected chi connectivity index (χ1v) is 11.8. The van der Waals surface area contributed by atoms with E-state index in [1.54, 1.807) is 0 Å². The van der Waals surface area contributed by atoms with E-state index in [4.69, 9.17) is 0 Å². The van der Waals surface area contributed by atoms with Gasteiger partial charge in [-0.3, -0.25) is 4.79 Å². The summed E-state index contributed by atoms with van der Waals surface area (Å²) in [5.74, 6) is 4.48. The highest BCUT2D eigenvalue weighted by Crippen LogP contribution is 2.65. The number of thioether (sulfide) groups is 2.